The van der Waals surface area contributed by atoms with Gasteiger partial charge >= 0.3 is 12.5 Å². The van der Waals surface area contributed by atoms with Crippen molar-refractivity contribution in [2.45, 2.75) is 48.6 Å². The topological polar surface area (TPSA) is 163 Å². The number of carbonyl (C=O) groups is 1. The Hall–Kier alpha value is -3.64. The third-order valence-corrected chi connectivity index (χ3v) is 10.3. The summed E-state index contributed by atoms with van der Waals surface area (Å²) in [6.07, 6.45) is -7.91. The normalized spacial score (nSPS) is 17.7. The number of nitrogens with zero attached hydrogens (tertiary/aromatic N) is 3. The lowest BCUT2D eigenvalue weighted by Gasteiger charge is -2.25. The predicted molar refractivity (Wildman–Crippen MR) is 137 cm³/mol. The van der Waals surface area contributed by atoms with Crippen LogP contribution in [0.15, 0.2) is 45.7 Å². The van der Waals surface area contributed by atoms with Crippen LogP contribution in [0.25, 0.3) is 11.5 Å². The molecule has 0 spiro atoms. The van der Waals surface area contributed by atoms with E-state index in [1.165, 1.54) is 13.8 Å². The number of nitrogens with two attached hydrogens (primary N) is 1. The van der Waals surface area contributed by atoms with Crippen LogP contribution in [-0.4, -0.2) is 63.5 Å². The highest BCUT2D eigenvalue weighted by Gasteiger charge is 2.44. The highest BCUT2D eigenvalue weighted by molar-refractivity contribution is 7.92. The molecule has 3 aromatic rings. The van der Waals surface area contributed by atoms with Gasteiger partial charge in [0.2, 0.25) is 11.8 Å². The van der Waals surface area contributed by atoms with Crippen molar-refractivity contribution < 1.29 is 52.7 Å². The molecule has 0 aliphatic carbocycles. The number of carbonyl (C=O) groups excluding carboxylic acids is 1. The third kappa shape index (κ3) is 5.82. The Bertz CT molecular complexity index is 1740. The number of sulfone groups is 2. The van der Waals surface area contributed by atoms with Gasteiger partial charge in [-0.3, -0.25) is 4.79 Å². The molecule has 0 radical (unpaired) electrons. The van der Waals surface area contributed by atoms with Crippen LogP contribution in [0.4, 0.5) is 27.6 Å². The first-order valence-corrected chi connectivity index (χ1v) is 15.4. The number of alkyl halides is 4. The fourth-order valence-corrected chi connectivity index (χ4v) is 5.79. The number of fused-ring (bicyclic) bond motifs is 1. The molecule has 4 rings (SSSR count). The fourth-order valence-electron chi connectivity index (χ4n) is 3.83. The molecule has 11 nitrogen and oxygen atoms in total. The SMILES string of the molecule is CC(C)(c1nnc(-c2cc3c(cc2F)S(=O)(=O)C[C@H](N)C(=O)N3Cc2ccc(OC(F)(F)C(F)F)cc2)o1)S(C)(=O)=O. The van der Waals surface area contributed by atoms with Gasteiger partial charge in [-0.15, -0.1) is 10.2 Å². The molecule has 0 bridgehead atoms. The highest BCUT2D eigenvalue weighted by Crippen LogP contribution is 2.38. The zero-order valence-corrected chi connectivity index (χ0v) is 23.6. The minimum Gasteiger partial charge on any atom is -0.428 e. The summed E-state index contributed by atoms with van der Waals surface area (Å²) in [7, 11) is -8.09. The van der Waals surface area contributed by atoms with Crippen LogP contribution in [0.2, 0.25) is 0 Å². The van der Waals surface area contributed by atoms with Gasteiger partial charge in [0, 0.05) is 6.26 Å². The van der Waals surface area contributed by atoms with E-state index in [0.29, 0.717) is 6.07 Å². The first kappa shape index (κ1) is 31.3. The van der Waals surface area contributed by atoms with E-state index in [4.69, 9.17) is 10.2 Å². The Labute approximate surface area is 236 Å². The average Bonchev–Trinajstić information content (AvgIpc) is 3.35. The standard InChI is InChI=1S/C24H23F5N4O7S2/c1-23(2,41(3,35)36)22-32-31-19(39-22)14-8-17-18(9-15(14)25)42(37,38)11-16(30)20(34)33(17)10-12-4-6-13(7-5-12)40-24(28,29)21(26)27/h4-9,16,21H,10-11,30H2,1-3H3/t16-/m0/s1. The quantitative estimate of drug-likeness (QED) is 0.363. The van der Waals surface area contributed by atoms with E-state index in [0.717, 1.165) is 41.5 Å². The van der Waals surface area contributed by atoms with Crippen molar-refractivity contribution >= 4 is 31.3 Å². The largest absolute Gasteiger partial charge is 0.461 e. The van der Waals surface area contributed by atoms with Crippen LogP contribution in [0.3, 0.4) is 0 Å². The summed E-state index contributed by atoms with van der Waals surface area (Å²) in [5.74, 6) is -4.41. The van der Waals surface area contributed by atoms with Crippen LogP contribution in [0, 0.1) is 5.82 Å². The van der Waals surface area contributed by atoms with E-state index >= 15 is 4.39 Å². The summed E-state index contributed by atoms with van der Waals surface area (Å²) >= 11 is 0. The number of amides is 1. The summed E-state index contributed by atoms with van der Waals surface area (Å²) < 4.78 is 125. The van der Waals surface area contributed by atoms with Crippen molar-refractivity contribution in [2.24, 2.45) is 5.73 Å². The molecule has 1 amide bonds. The van der Waals surface area contributed by atoms with E-state index in [1.807, 2.05) is 0 Å². The maximum absolute atomic E-state index is 15.3. The van der Waals surface area contributed by atoms with Crippen molar-refractivity contribution in [3.8, 4) is 17.2 Å². The monoisotopic (exact) mass is 638 g/mol. The minimum absolute atomic E-state index is 0.203. The van der Waals surface area contributed by atoms with Gasteiger partial charge in [-0.25, -0.2) is 21.2 Å². The van der Waals surface area contributed by atoms with Crippen LogP contribution in [0.5, 0.6) is 5.75 Å². The molecule has 228 valence electrons. The lowest BCUT2D eigenvalue weighted by Crippen LogP contribution is -2.45. The molecule has 2 aromatic carbocycles. The number of aromatic nitrogens is 2. The molecular formula is C24H23F5N4O7S2. The second-order valence-electron chi connectivity index (χ2n) is 9.92. The minimum atomic E-state index is -4.76. The maximum atomic E-state index is 15.3. The summed E-state index contributed by atoms with van der Waals surface area (Å²) in [4.78, 5) is 13.5. The molecule has 18 heteroatoms. The number of halogens is 5. The predicted octanol–water partition coefficient (Wildman–Crippen LogP) is 3.04. The average molecular weight is 639 g/mol. The first-order chi connectivity index (χ1) is 19.2. The third-order valence-electron chi connectivity index (χ3n) is 6.53. The van der Waals surface area contributed by atoms with Crippen molar-refractivity contribution in [3.63, 3.8) is 0 Å². The van der Waals surface area contributed by atoms with Gasteiger partial charge in [-0.2, -0.15) is 17.6 Å². The van der Waals surface area contributed by atoms with E-state index in [1.54, 1.807) is 0 Å². The number of hydrogen-bond acceptors (Lipinski definition) is 10. The summed E-state index contributed by atoms with van der Waals surface area (Å²) in [5, 5.41) is 7.40. The fraction of sp³-hybridized carbons (Fsp3) is 0.375. The molecule has 1 aliphatic heterocycles. The van der Waals surface area contributed by atoms with E-state index in [9.17, 15) is 39.2 Å². The molecule has 0 unspecified atom stereocenters. The molecule has 0 fully saturated rings. The van der Waals surface area contributed by atoms with Crippen molar-refractivity contribution in [1.82, 2.24) is 10.2 Å². The Morgan fingerprint density at radius 1 is 1.17 bits per heavy atom. The molecule has 2 heterocycles. The molecule has 2 N–H and O–H groups in total. The smallest absolute Gasteiger partial charge is 0.428 e. The number of benzene rings is 2. The van der Waals surface area contributed by atoms with Crippen molar-refractivity contribution in [3.05, 3.63) is 53.7 Å². The zero-order valence-electron chi connectivity index (χ0n) is 22.0. The molecule has 1 aliphatic rings. The van der Waals surface area contributed by atoms with Gasteiger partial charge in [0.25, 0.3) is 5.89 Å². The van der Waals surface area contributed by atoms with Crippen molar-refractivity contribution in [2.75, 3.05) is 16.9 Å². The number of rotatable bonds is 8. The van der Waals surface area contributed by atoms with Gasteiger partial charge < -0.3 is 19.8 Å². The number of anilines is 1. The molecular weight excluding hydrogens is 615 g/mol. The Morgan fingerprint density at radius 3 is 2.36 bits per heavy atom. The Morgan fingerprint density at radius 2 is 1.79 bits per heavy atom. The van der Waals surface area contributed by atoms with Crippen LogP contribution in [0.1, 0.15) is 25.3 Å². The van der Waals surface area contributed by atoms with Crippen LogP contribution in [-0.2, 0) is 35.8 Å². The molecule has 1 aromatic heterocycles. The zero-order chi connectivity index (χ0) is 31.4. The van der Waals surface area contributed by atoms with E-state index in [-0.39, 0.29) is 17.1 Å². The summed E-state index contributed by atoms with van der Waals surface area (Å²) in [5.41, 5.74) is 5.25. The Balaban J connectivity index is 1.79. The van der Waals surface area contributed by atoms with Gasteiger partial charge in [-0.05, 0) is 43.7 Å². The first-order valence-electron chi connectivity index (χ1n) is 11.9. The van der Waals surface area contributed by atoms with Gasteiger partial charge in [0.1, 0.15) is 16.3 Å². The number of ether oxygens (including phenoxy) is 1. The van der Waals surface area contributed by atoms with Gasteiger partial charge in [0.05, 0.1) is 34.5 Å². The van der Waals surface area contributed by atoms with Crippen LogP contribution >= 0.6 is 0 Å². The van der Waals surface area contributed by atoms with Gasteiger partial charge in [-0.1, -0.05) is 12.1 Å². The second-order valence-corrected chi connectivity index (χ2v) is 14.5. The van der Waals surface area contributed by atoms with Gasteiger partial charge in [0.15, 0.2) is 19.7 Å². The summed E-state index contributed by atoms with van der Waals surface area (Å²) in [6, 6.07) is 4.20. The van der Waals surface area contributed by atoms with E-state index in [2.05, 4.69) is 14.9 Å². The van der Waals surface area contributed by atoms with Crippen LogP contribution < -0.4 is 15.4 Å². The summed E-state index contributed by atoms with van der Waals surface area (Å²) in [6.45, 7) is 2.15. The molecule has 42 heavy (non-hydrogen) atoms. The van der Waals surface area contributed by atoms with Crippen molar-refractivity contribution in [1.29, 1.82) is 0 Å². The maximum Gasteiger partial charge on any atom is 0.461 e. The number of hydrogen-bond donors (Lipinski definition) is 1. The Kier molecular flexibility index (Phi) is 7.88. The highest BCUT2D eigenvalue weighted by atomic mass is 32.2. The molecule has 0 saturated heterocycles. The second kappa shape index (κ2) is 10.6. The molecule has 1 atom stereocenters. The lowest BCUT2D eigenvalue weighted by molar-refractivity contribution is -0.253. The lowest BCUT2D eigenvalue weighted by atomic mass is 10.1. The van der Waals surface area contributed by atoms with E-state index < -0.39 is 89.1 Å². The molecule has 0 saturated carbocycles.